The van der Waals surface area contributed by atoms with E-state index in [0.717, 1.165) is 12.9 Å². The van der Waals surface area contributed by atoms with Gasteiger partial charge in [0.1, 0.15) is 7.85 Å². The van der Waals surface area contributed by atoms with Crippen LogP contribution in [-0.4, -0.2) is 99.9 Å². The van der Waals surface area contributed by atoms with E-state index in [4.69, 9.17) is 0 Å². The summed E-state index contributed by atoms with van der Waals surface area (Å²) in [5.41, 5.74) is 2.90. The first-order chi connectivity index (χ1) is 12.7. The summed E-state index contributed by atoms with van der Waals surface area (Å²) in [4.78, 5) is 10.5. The van der Waals surface area contributed by atoms with Crippen molar-refractivity contribution in [3.05, 3.63) is 35.4 Å². The van der Waals surface area contributed by atoms with Gasteiger partial charge in [-0.25, -0.2) is 0 Å². The predicted molar refractivity (Wildman–Crippen MR) is 114 cm³/mol. The molecule has 1 aromatic carbocycles. The van der Waals surface area contributed by atoms with Gasteiger partial charge in [-0.15, -0.1) is 0 Å². The molecule has 0 amide bonds. The Kier molecular flexibility index (Phi) is 7.99. The van der Waals surface area contributed by atoms with E-state index < -0.39 is 0 Å². The second-order valence-electron chi connectivity index (χ2n) is 8.14. The maximum absolute atomic E-state index is 2.67. The van der Waals surface area contributed by atoms with Gasteiger partial charge in [0.15, 0.2) is 0 Å². The van der Waals surface area contributed by atoms with E-state index in [-0.39, 0.29) is 0 Å². The molecule has 5 heteroatoms. The molecule has 1 aromatic rings. The Morgan fingerprint density at radius 1 is 0.692 bits per heavy atom. The first kappa shape index (κ1) is 19.9. The Labute approximate surface area is 161 Å². The van der Waals surface area contributed by atoms with Crippen LogP contribution in [0.25, 0.3) is 0 Å². The first-order valence-corrected chi connectivity index (χ1v) is 10.7. The van der Waals surface area contributed by atoms with Crippen LogP contribution in [0, 0.1) is 0 Å². The third kappa shape index (κ3) is 6.38. The lowest BCUT2D eigenvalue weighted by Gasteiger charge is -2.36. The molecule has 4 nitrogen and oxygen atoms in total. The number of fused-ring (bicyclic) bond motifs is 11. The SMILES string of the molecule is BCc1ccc(CN2CCCN3CCN(CCCN(C)CC2)CC3)cc1. The molecular formula is C21H37BN4. The van der Waals surface area contributed by atoms with E-state index in [2.05, 4.69) is 58.8 Å². The summed E-state index contributed by atoms with van der Waals surface area (Å²) in [5.74, 6) is 0. The van der Waals surface area contributed by atoms with Crippen molar-refractivity contribution in [2.75, 3.05) is 72.5 Å². The van der Waals surface area contributed by atoms with Gasteiger partial charge in [-0.1, -0.05) is 36.1 Å². The van der Waals surface area contributed by atoms with Crippen LogP contribution < -0.4 is 0 Å². The summed E-state index contributed by atoms with van der Waals surface area (Å²) in [5, 5.41) is 0. The summed E-state index contributed by atoms with van der Waals surface area (Å²) in [6.45, 7) is 13.4. The maximum Gasteiger partial charge on any atom is 0.107 e. The molecular weight excluding hydrogens is 319 g/mol. The Balaban J connectivity index is 1.57. The number of hydrogen-bond acceptors (Lipinski definition) is 4. The summed E-state index contributed by atoms with van der Waals surface area (Å²) in [6.07, 6.45) is 3.72. The summed E-state index contributed by atoms with van der Waals surface area (Å²) >= 11 is 0. The first-order valence-electron chi connectivity index (χ1n) is 10.7. The van der Waals surface area contributed by atoms with Gasteiger partial charge in [0.2, 0.25) is 0 Å². The molecule has 3 saturated heterocycles. The number of rotatable bonds is 3. The Hall–Kier alpha value is -0.875. The zero-order valence-corrected chi connectivity index (χ0v) is 17.0. The van der Waals surface area contributed by atoms with Crippen LogP contribution in [0.1, 0.15) is 24.0 Å². The molecule has 0 saturated carbocycles. The fraction of sp³-hybridized carbons (Fsp3) is 0.714. The van der Waals surface area contributed by atoms with Crippen molar-refractivity contribution in [1.29, 1.82) is 0 Å². The molecule has 0 unspecified atom stereocenters. The number of hydrogen-bond donors (Lipinski definition) is 0. The molecule has 4 rings (SSSR count). The topological polar surface area (TPSA) is 13.0 Å². The van der Waals surface area contributed by atoms with Gasteiger partial charge in [0, 0.05) is 45.8 Å². The number of likely N-dealkylation sites (N-methyl/N-ethyl adjacent to an activating group) is 1. The van der Waals surface area contributed by atoms with E-state index in [1.54, 1.807) is 0 Å². The number of piperazine rings is 1. The Morgan fingerprint density at radius 3 is 1.88 bits per heavy atom. The van der Waals surface area contributed by atoms with E-state index in [1.807, 2.05) is 0 Å². The molecule has 0 radical (unpaired) electrons. The fourth-order valence-corrected chi connectivity index (χ4v) is 4.15. The molecule has 144 valence electrons. The highest BCUT2D eigenvalue weighted by Gasteiger charge is 2.17. The lowest BCUT2D eigenvalue weighted by atomic mass is 9.96. The number of nitrogens with zero attached hydrogens (tertiary/aromatic N) is 4. The van der Waals surface area contributed by atoms with E-state index in [1.165, 1.54) is 89.4 Å². The summed E-state index contributed by atoms with van der Waals surface area (Å²) in [7, 11) is 4.52. The van der Waals surface area contributed by atoms with Gasteiger partial charge in [-0.3, -0.25) is 4.90 Å². The Bertz CT molecular complexity index is 513. The molecule has 3 aliphatic heterocycles. The van der Waals surface area contributed by atoms with Crippen LogP contribution in [0.2, 0.25) is 0 Å². The van der Waals surface area contributed by atoms with Crippen molar-refractivity contribution < 1.29 is 0 Å². The maximum atomic E-state index is 2.67. The summed E-state index contributed by atoms with van der Waals surface area (Å²) in [6, 6.07) is 9.25. The van der Waals surface area contributed by atoms with Crippen LogP contribution in [-0.2, 0) is 12.9 Å². The van der Waals surface area contributed by atoms with Crippen molar-refractivity contribution in [2.24, 2.45) is 0 Å². The Morgan fingerprint density at radius 2 is 1.27 bits per heavy atom. The van der Waals surface area contributed by atoms with Crippen LogP contribution in [0.15, 0.2) is 24.3 Å². The third-order valence-corrected chi connectivity index (χ3v) is 6.06. The van der Waals surface area contributed by atoms with E-state index in [9.17, 15) is 0 Å². The molecule has 3 heterocycles. The van der Waals surface area contributed by atoms with Crippen LogP contribution in [0.5, 0.6) is 0 Å². The lowest BCUT2D eigenvalue weighted by molar-refractivity contribution is 0.115. The van der Waals surface area contributed by atoms with Crippen molar-refractivity contribution in [3.63, 3.8) is 0 Å². The molecule has 0 aromatic heterocycles. The quantitative estimate of drug-likeness (QED) is 0.748. The minimum Gasteiger partial charge on any atom is -0.305 e. The zero-order chi connectivity index (χ0) is 18.2. The van der Waals surface area contributed by atoms with Gasteiger partial charge in [-0.2, -0.15) is 0 Å². The highest BCUT2D eigenvalue weighted by molar-refractivity contribution is 6.08. The monoisotopic (exact) mass is 356 g/mol. The van der Waals surface area contributed by atoms with Crippen molar-refractivity contribution in [3.8, 4) is 0 Å². The van der Waals surface area contributed by atoms with Crippen LogP contribution in [0.3, 0.4) is 0 Å². The minimum absolute atomic E-state index is 1.09. The van der Waals surface area contributed by atoms with Crippen LogP contribution in [0.4, 0.5) is 0 Å². The minimum atomic E-state index is 1.09. The van der Waals surface area contributed by atoms with Gasteiger partial charge in [0.05, 0.1) is 0 Å². The van der Waals surface area contributed by atoms with Crippen molar-refractivity contribution in [1.82, 2.24) is 19.6 Å². The predicted octanol–water partition coefficient (Wildman–Crippen LogP) is 0.965. The lowest BCUT2D eigenvalue weighted by Crippen LogP contribution is -2.48. The molecule has 2 bridgehead atoms. The molecule has 0 aliphatic carbocycles. The zero-order valence-electron chi connectivity index (χ0n) is 17.0. The second-order valence-corrected chi connectivity index (χ2v) is 8.14. The van der Waals surface area contributed by atoms with Gasteiger partial charge in [0.25, 0.3) is 0 Å². The van der Waals surface area contributed by atoms with Gasteiger partial charge < -0.3 is 14.7 Å². The summed E-state index contributed by atoms with van der Waals surface area (Å²) < 4.78 is 0. The smallest absolute Gasteiger partial charge is 0.107 e. The van der Waals surface area contributed by atoms with Crippen molar-refractivity contribution in [2.45, 2.75) is 25.7 Å². The van der Waals surface area contributed by atoms with Gasteiger partial charge in [-0.05, 0) is 51.6 Å². The fourth-order valence-electron chi connectivity index (χ4n) is 4.15. The standard InChI is InChI=1S/C21H37BN4/c1-23-8-2-9-24-14-16-25(17-15-24)10-3-11-26(13-12-23)19-21-6-4-20(18-22)5-7-21/h4-7H,2-3,8-19,22H2,1H3. The molecule has 3 fully saturated rings. The molecule has 26 heavy (non-hydrogen) atoms. The highest BCUT2D eigenvalue weighted by Crippen LogP contribution is 2.10. The normalized spacial score (nSPS) is 27.3. The average molecular weight is 356 g/mol. The number of benzene rings is 1. The molecule has 3 aliphatic rings. The second kappa shape index (κ2) is 10.5. The van der Waals surface area contributed by atoms with Crippen LogP contribution >= 0.6 is 0 Å². The molecule has 0 N–H and O–H groups in total. The largest absolute Gasteiger partial charge is 0.305 e. The van der Waals surface area contributed by atoms with E-state index in [0.29, 0.717) is 0 Å². The van der Waals surface area contributed by atoms with Crippen molar-refractivity contribution >= 4 is 7.85 Å². The van der Waals surface area contributed by atoms with Gasteiger partial charge >= 0.3 is 0 Å². The highest BCUT2D eigenvalue weighted by atomic mass is 15.3. The molecule has 0 atom stereocenters. The average Bonchev–Trinajstić information content (AvgIpc) is 2.67. The van der Waals surface area contributed by atoms with E-state index >= 15 is 0 Å². The third-order valence-electron chi connectivity index (χ3n) is 6.06. The molecule has 0 spiro atoms.